The average Bonchev–Trinajstić information content (AvgIpc) is 2.92. The molecule has 4 amide bonds. The summed E-state index contributed by atoms with van der Waals surface area (Å²) in [6.07, 6.45) is 0. The molecule has 1 aliphatic heterocycles. The molecule has 1 saturated heterocycles. The second-order valence-corrected chi connectivity index (χ2v) is 9.10. The van der Waals surface area contributed by atoms with Gasteiger partial charge in [0.2, 0.25) is 5.91 Å². The van der Waals surface area contributed by atoms with Crippen molar-refractivity contribution < 1.29 is 19.3 Å². The number of nitro groups is 1. The molecule has 1 heterocycles. The van der Waals surface area contributed by atoms with E-state index in [0.29, 0.717) is 11.1 Å². The fraction of sp³-hybridized carbons (Fsp3) is 0.348. The lowest BCUT2D eigenvalue weighted by molar-refractivity contribution is -0.384. The molecule has 9 nitrogen and oxygen atoms in total. The third-order valence-corrected chi connectivity index (χ3v) is 5.53. The lowest BCUT2D eigenvalue weighted by atomic mass is 9.84. The standard InChI is InChI=1S/C23H26N4O5/c1-14-6-11-17(18(12-14)27(31)32)24-19(28)13-26-20(29)23(5,25-21(26)30)16-9-7-15(8-10-16)22(2,3)4/h6-12H,13H2,1-5H3,(H,24,28)(H,25,30). The van der Waals surface area contributed by atoms with Gasteiger partial charge in [0, 0.05) is 6.07 Å². The maximum Gasteiger partial charge on any atom is 0.325 e. The molecule has 3 rings (SSSR count). The highest BCUT2D eigenvalue weighted by molar-refractivity contribution is 6.10. The van der Waals surface area contributed by atoms with E-state index >= 15 is 0 Å². The number of anilines is 1. The normalized spacial score (nSPS) is 18.5. The summed E-state index contributed by atoms with van der Waals surface area (Å²) in [6, 6.07) is 11.1. The number of hydrogen-bond acceptors (Lipinski definition) is 5. The highest BCUT2D eigenvalue weighted by Crippen LogP contribution is 2.31. The first-order valence-corrected chi connectivity index (χ1v) is 10.1. The third kappa shape index (κ3) is 4.32. The number of carbonyl (C=O) groups is 3. The Morgan fingerprint density at radius 2 is 1.78 bits per heavy atom. The molecule has 2 aromatic carbocycles. The molecule has 0 spiro atoms. The molecule has 1 aliphatic rings. The Morgan fingerprint density at radius 1 is 1.16 bits per heavy atom. The van der Waals surface area contributed by atoms with Gasteiger partial charge < -0.3 is 10.6 Å². The Bertz CT molecular complexity index is 1100. The summed E-state index contributed by atoms with van der Waals surface area (Å²) in [6.45, 7) is 8.94. The van der Waals surface area contributed by atoms with Crippen molar-refractivity contribution in [2.45, 2.75) is 45.6 Å². The Kier molecular flexibility index (Phi) is 5.78. The van der Waals surface area contributed by atoms with Crippen LogP contribution in [0.5, 0.6) is 0 Å². The number of carbonyl (C=O) groups excluding carboxylic acids is 3. The molecule has 1 unspecified atom stereocenters. The summed E-state index contributed by atoms with van der Waals surface area (Å²) in [7, 11) is 0. The first-order chi connectivity index (χ1) is 14.8. The van der Waals surface area contributed by atoms with Gasteiger partial charge in [0.05, 0.1) is 4.92 Å². The summed E-state index contributed by atoms with van der Waals surface area (Å²) in [4.78, 5) is 49.6. The van der Waals surface area contributed by atoms with Crippen molar-refractivity contribution in [3.63, 3.8) is 0 Å². The summed E-state index contributed by atoms with van der Waals surface area (Å²) < 4.78 is 0. The lowest BCUT2D eigenvalue weighted by Gasteiger charge is -2.24. The molecule has 2 aromatic rings. The van der Waals surface area contributed by atoms with Crippen molar-refractivity contribution in [3.8, 4) is 0 Å². The molecule has 0 aromatic heterocycles. The van der Waals surface area contributed by atoms with Gasteiger partial charge in [-0.3, -0.25) is 24.6 Å². The maximum atomic E-state index is 13.1. The van der Waals surface area contributed by atoms with E-state index in [-0.39, 0.29) is 16.8 Å². The number of aryl methyl sites for hydroxylation is 1. The summed E-state index contributed by atoms with van der Waals surface area (Å²) in [5.41, 5.74) is 0.697. The van der Waals surface area contributed by atoms with Crippen molar-refractivity contribution in [2.24, 2.45) is 0 Å². The van der Waals surface area contributed by atoms with Gasteiger partial charge in [-0.25, -0.2) is 4.79 Å². The lowest BCUT2D eigenvalue weighted by Crippen LogP contribution is -2.42. The van der Waals surface area contributed by atoms with E-state index in [1.165, 1.54) is 12.1 Å². The predicted molar refractivity (Wildman–Crippen MR) is 119 cm³/mol. The number of nitro benzene ring substituents is 1. The molecular formula is C23H26N4O5. The molecule has 2 N–H and O–H groups in total. The van der Waals surface area contributed by atoms with E-state index < -0.39 is 34.9 Å². The summed E-state index contributed by atoms with van der Waals surface area (Å²) in [5, 5.41) is 16.3. The first-order valence-electron chi connectivity index (χ1n) is 10.1. The molecule has 1 fully saturated rings. The van der Waals surface area contributed by atoms with Gasteiger partial charge >= 0.3 is 6.03 Å². The number of hydrogen-bond donors (Lipinski definition) is 2. The van der Waals surface area contributed by atoms with Crippen molar-refractivity contribution >= 4 is 29.2 Å². The smallest absolute Gasteiger partial charge is 0.319 e. The number of urea groups is 1. The van der Waals surface area contributed by atoms with Gasteiger partial charge in [0.1, 0.15) is 17.8 Å². The molecular weight excluding hydrogens is 412 g/mol. The van der Waals surface area contributed by atoms with Crippen LogP contribution in [0.1, 0.15) is 44.4 Å². The van der Waals surface area contributed by atoms with Gasteiger partial charge in [-0.05, 0) is 42.0 Å². The summed E-state index contributed by atoms with van der Waals surface area (Å²) in [5.74, 6) is -1.28. The van der Waals surface area contributed by atoms with Crippen LogP contribution in [0.3, 0.4) is 0 Å². The van der Waals surface area contributed by atoms with E-state index in [9.17, 15) is 24.5 Å². The fourth-order valence-electron chi connectivity index (χ4n) is 3.57. The van der Waals surface area contributed by atoms with E-state index in [4.69, 9.17) is 0 Å². The van der Waals surface area contributed by atoms with Crippen LogP contribution in [0.2, 0.25) is 0 Å². The number of nitrogens with one attached hydrogen (secondary N) is 2. The van der Waals surface area contributed by atoms with Crippen LogP contribution >= 0.6 is 0 Å². The first kappa shape index (κ1) is 22.9. The van der Waals surface area contributed by atoms with Crippen LogP contribution in [0.15, 0.2) is 42.5 Å². The zero-order valence-electron chi connectivity index (χ0n) is 18.7. The Balaban J connectivity index is 1.78. The van der Waals surface area contributed by atoms with Gasteiger partial charge in [0.25, 0.3) is 11.6 Å². The van der Waals surface area contributed by atoms with Gasteiger partial charge in [-0.15, -0.1) is 0 Å². The SMILES string of the molecule is Cc1ccc(NC(=O)CN2C(=O)NC(C)(c3ccc(C(C)(C)C)cc3)C2=O)c([N+](=O)[O-])c1. The second kappa shape index (κ2) is 8.07. The second-order valence-electron chi connectivity index (χ2n) is 9.10. The maximum absolute atomic E-state index is 13.1. The van der Waals surface area contributed by atoms with E-state index in [1.807, 2.05) is 12.1 Å². The minimum absolute atomic E-state index is 0.00168. The molecule has 0 saturated carbocycles. The van der Waals surface area contributed by atoms with Gasteiger partial charge in [-0.1, -0.05) is 51.1 Å². The minimum atomic E-state index is -1.32. The number of amides is 4. The number of rotatable bonds is 5. The fourth-order valence-corrected chi connectivity index (χ4v) is 3.57. The quantitative estimate of drug-likeness (QED) is 0.420. The molecule has 1 atom stereocenters. The molecule has 0 bridgehead atoms. The van der Waals surface area contributed by atoms with Crippen LogP contribution in [-0.4, -0.2) is 34.2 Å². The van der Waals surface area contributed by atoms with E-state index in [1.54, 1.807) is 32.0 Å². The minimum Gasteiger partial charge on any atom is -0.319 e. The number of benzene rings is 2. The molecule has 168 valence electrons. The molecule has 9 heteroatoms. The van der Waals surface area contributed by atoms with Crippen LogP contribution in [0, 0.1) is 17.0 Å². The Morgan fingerprint density at radius 3 is 2.34 bits per heavy atom. The van der Waals surface area contributed by atoms with Crippen molar-refractivity contribution in [3.05, 3.63) is 69.3 Å². The van der Waals surface area contributed by atoms with Crippen molar-refractivity contribution in [1.82, 2.24) is 10.2 Å². The van der Waals surface area contributed by atoms with Crippen molar-refractivity contribution in [1.29, 1.82) is 0 Å². The number of imide groups is 1. The highest BCUT2D eigenvalue weighted by Gasteiger charge is 2.49. The largest absolute Gasteiger partial charge is 0.325 e. The molecule has 0 aliphatic carbocycles. The zero-order chi connectivity index (χ0) is 23.8. The van der Waals surface area contributed by atoms with Crippen LogP contribution in [0.4, 0.5) is 16.2 Å². The van der Waals surface area contributed by atoms with Gasteiger partial charge in [-0.2, -0.15) is 0 Å². The van der Waals surface area contributed by atoms with Crippen molar-refractivity contribution in [2.75, 3.05) is 11.9 Å². The predicted octanol–water partition coefficient (Wildman–Crippen LogP) is 3.61. The Labute approximate surface area is 185 Å². The van der Waals surface area contributed by atoms with E-state index in [0.717, 1.165) is 10.5 Å². The van der Waals surface area contributed by atoms with Crippen LogP contribution in [-0.2, 0) is 20.5 Å². The van der Waals surface area contributed by atoms with E-state index in [2.05, 4.69) is 31.4 Å². The highest BCUT2D eigenvalue weighted by atomic mass is 16.6. The third-order valence-electron chi connectivity index (χ3n) is 5.53. The van der Waals surface area contributed by atoms with Crippen LogP contribution < -0.4 is 10.6 Å². The average molecular weight is 438 g/mol. The zero-order valence-corrected chi connectivity index (χ0v) is 18.7. The number of nitrogens with zero attached hydrogens (tertiary/aromatic N) is 2. The topological polar surface area (TPSA) is 122 Å². The Hall–Kier alpha value is -3.75. The monoisotopic (exact) mass is 438 g/mol. The summed E-state index contributed by atoms with van der Waals surface area (Å²) >= 11 is 0. The molecule has 0 radical (unpaired) electrons. The molecule has 32 heavy (non-hydrogen) atoms. The van der Waals surface area contributed by atoms with Gasteiger partial charge in [0.15, 0.2) is 0 Å². The van der Waals surface area contributed by atoms with Crippen LogP contribution in [0.25, 0.3) is 0 Å².